The summed E-state index contributed by atoms with van der Waals surface area (Å²) in [6.45, 7) is 6.77. The molecular weight excluding hydrogens is 384 g/mol. The van der Waals surface area contributed by atoms with Gasteiger partial charge in [0.15, 0.2) is 0 Å². The fourth-order valence-electron chi connectivity index (χ4n) is 4.57. The quantitative estimate of drug-likeness (QED) is 0.812. The van der Waals surface area contributed by atoms with Gasteiger partial charge in [0, 0.05) is 24.8 Å². The van der Waals surface area contributed by atoms with Crippen LogP contribution in [-0.4, -0.2) is 56.0 Å². The molecule has 1 N–H and O–H groups in total. The number of ether oxygens (including phenoxy) is 1. The largest absolute Gasteiger partial charge is 0.486 e. The van der Waals surface area contributed by atoms with E-state index in [0.29, 0.717) is 37.4 Å². The molecule has 4 atom stereocenters. The molecule has 1 saturated heterocycles. The summed E-state index contributed by atoms with van der Waals surface area (Å²) < 4.78 is 7.33. The number of pyridine rings is 1. The van der Waals surface area contributed by atoms with E-state index >= 15 is 0 Å². The lowest BCUT2D eigenvalue weighted by Gasteiger charge is -2.35. The van der Waals surface area contributed by atoms with Crippen LogP contribution in [0.3, 0.4) is 0 Å². The average Bonchev–Trinajstić information content (AvgIpc) is 3.10. The Morgan fingerprint density at radius 3 is 2.53 bits per heavy atom. The Bertz CT molecular complexity index is 1000. The molecule has 0 spiro atoms. The summed E-state index contributed by atoms with van der Waals surface area (Å²) in [7, 11) is 0. The molecule has 3 heterocycles. The van der Waals surface area contributed by atoms with Gasteiger partial charge in [-0.05, 0) is 63.6 Å². The first kappa shape index (κ1) is 20.5. The molecule has 2 aromatic heterocycles. The minimum atomic E-state index is -0.580. The Kier molecular flexibility index (Phi) is 5.60. The number of aliphatic hydroxyl groups is 1. The molecule has 4 rings (SSSR count). The maximum Gasteiger partial charge on any atom is 0.267 e. The number of carbonyl (C=O) groups excluding carboxylic acids is 1. The van der Waals surface area contributed by atoms with Gasteiger partial charge in [0.05, 0.1) is 17.5 Å². The zero-order valence-corrected chi connectivity index (χ0v) is 17.6. The van der Waals surface area contributed by atoms with Crippen molar-refractivity contribution >= 4 is 5.91 Å². The van der Waals surface area contributed by atoms with Crippen LogP contribution in [0.4, 0.5) is 0 Å². The second kappa shape index (κ2) is 8.18. The Morgan fingerprint density at radius 2 is 1.80 bits per heavy atom. The molecule has 1 saturated carbocycles. The number of carbonyl (C=O) groups is 1. The molecule has 160 valence electrons. The summed E-state index contributed by atoms with van der Waals surface area (Å²) in [6.07, 6.45) is 0.389. The lowest BCUT2D eigenvalue weighted by atomic mass is 9.78. The lowest BCUT2D eigenvalue weighted by Crippen LogP contribution is -2.42. The Labute approximate surface area is 175 Å². The molecule has 1 aliphatic carbocycles. The van der Waals surface area contributed by atoms with E-state index in [2.05, 4.69) is 10.1 Å². The van der Waals surface area contributed by atoms with Gasteiger partial charge < -0.3 is 14.7 Å². The van der Waals surface area contributed by atoms with Crippen molar-refractivity contribution < 1.29 is 14.6 Å². The maximum absolute atomic E-state index is 12.8. The van der Waals surface area contributed by atoms with E-state index in [1.54, 1.807) is 17.9 Å². The molecule has 2 aliphatic rings. The molecule has 1 amide bonds. The van der Waals surface area contributed by atoms with Gasteiger partial charge >= 0.3 is 0 Å². The Balaban J connectivity index is 1.40. The van der Waals surface area contributed by atoms with Crippen molar-refractivity contribution in [3.63, 3.8) is 0 Å². The smallest absolute Gasteiger partial charge is 0.267 e. The fraction of sp³-hybridized carbons (Fsp3) is 0.545. The van der Waals surface area contributed by atoms with Crippen LogP contribution in [0.2, 0.25) is 0 Å². The van der Waals surface area contributed by atoms with Crippen LogP contribution in [0.15, 0.2) is 29.1 Å². The maximum atomic E-state index is 12.8. The molecule has 30 heavy (non-hydrogen) atoms. The second-order valence-electron chi connectivity index (χ2n) is 8.52. The SMILES string of the molecule is Cc1ccc(O[C@@H]2C[C@@H]3CN(C(=O)Cn4nc(C)ccc4=O)C[C@@H]3C[C@H]2O)c(C)n1. The molecule has 8 heteroatoms. The van der Waals surface area contributed by atoms with Crippen LogP contribution in [0, 0.1) is 32.6 Å². The Hall–Kier alpha value is -2.74. The summed E-state index contributed by atoms with van der Waals surface area (Å²) in [6, 6.07) is 6.87. The van der Waals surface area contributed by atoms with Gasteiger partial charge in [0.25, 0.3) is 5.56 Å². The first-order valence-electron chi connectivity index (χ1n) is 10.4. The number of likely N-dealkylation sites (tertiary alicyclic amines) is 1. The Morgan fingerprint density at radius 1 is 1.10 bits per heavy atom. The van der Waals surface area contributed by atoms with Gasteiger partial charge in [-0.25, -0.2) is 4.68 Å². The second-order valence-corrected chi connectivity index (χ2v) is 8.52. The van der Waals surface area contributed by atoms with Gasteiger partial charge in [-0.15, -0.1) is 0 Å². The number of hydrogen-bond acceptors (Lipinski definition) is 6. The van der Waals surface area contributed by atoms with Crippen LogP contribution >= 0.6 is 0 Å². The third kappa shape index (κ3) is 4.23. The highest BCUT2D eigenvalue weighted by Crippen LogP contribution is 2.38. The molecule has 0 aromatic carbocycles. The molecule has 0 bridgehead atoms. The van der Waals surface area contributed by atoms with Gasteiger partial charge in [-0.1, -0.05) is 0 Å². The van der Waals surface area contributed by atoms with Crippen molar-refractivity contribution in [3.05, 3.63) is 51.7 Å². The van der Waals surface area contributed by atoms with Crippen molar-refractivity contribution in [2.75, 3.05) is 13.1 Å². The van der Waals surface area contributed by atoms with E-state index in [9.17, 15) is 14.7 Å². The number of aromatic nitrogens is 3. The minimum absolute atomic E-state index is 0.0589. The van der Waals surface area contributed by atoms with E-state index < -0.39 is 6.10 Å². The summed E-state index contributed by atoms with van der Waals surface area (Å²) in [5.41, 5.74) is 2.15. The van der Waals surface area contributed by atoms with Crippen molar-refractivity contribution in [1.82, 2.24) is 19.7 Å². The number of nitrogens with zero attached hydrogens (tertiary/aromatic N) is 4. The predicted octanol–water partition coefficient (Wildman–Crippen LogP) is 1.24. The highest BCUT2D eigenvalue weighted by Gasteiger charge is 2.44. The van der Waals surface area contributed by atoms with E-state index in [1.807, 2.05) is 26.0 Å². The molecule has 0 unspecified atom stereocenters. The van der Waals surface area contributed by atoms with Crippen molar-refractivity contribution in [2.24, 2.45) is 11.8 Å². The number of amides is 1. The summed E-state index contributed by atoms with van der Waals surface area (Å²) in [4.78, 5) is 30.9. The third-order valence-electron chi connectivity index (χ3n) is 6.18. The van der Waals surface area contributed by atoms with Crippen molar-refractivity contribution in [1.29, 1.82) is 0 Å². The first-order valence-corrected chi connectivity index (χ1v) is 10.4. The number of rotatable bonds is 4. The van der Waals surface area contributed by atoms with E-state index in [0.717, 1.165) is 11.4 Å². The molecule has 2 fully saturated rings. The third-order valence-corrected chi connectivity index (χ3v) is 6.18. The van der Waals surface area contributed by atoms with E-state index in [-0.39, 0.29) is 36.0 Å². The van der Waals surface area contributed by atoms with Crippen LogP contribution in [0.1, 0.15) is 29.9 Å². The fourth-order valence-corrected chi connectivity index (χ4v) is 4.57. The zero-order chi connectivity index (χ0) is 21.4. The number of aryl methyl sites for hydroxylation is 3. The summed E-state index contributed by atoms with van der Waals surface area (Å²) in [5.74, 6) is 1.08. The molecule has 2 aromatic rings. The molecular formula is C22H28N4O4. The molecule has 8 nitrogen and oxygen atoms in total. The number of hydrogen-bond donors (Lipinski definition) is 1. The van der Waals surface area contributed by atoms with Crippen molar-refractivity contribution in [3.8, 4) is 5.75 Å². The van der Waals surface area contributed by atoms with Gasteiger partial charge in [0.1, 0.15) is 18.4 Å². The van der Waals surface area contributed by atoms with Gasteiger partial charge in [0.2, 0.25) is 5.91 Å². The summed E-state index contributed by atoms with van der Waals surface area (Å²) in [5, 5.41) is 14.8. The molecule has 1 aliphatic heterocycles. The highest BCUT2D eigenvalue weighted by molar-refractivity contribution is 5.76. The summed E-state index contributed by atoms with van der Waals surface area (Å²) >= 11 is 0. The highest BCUT2D eigenvalue weighted by atomic mass is 16.5. The topological polar surface area (TPSA) is 97.6 Å². The normalized spacial score (nSPS) is 25.8. The van der Waals surface area contributed by atoms with Crippen LogP contribution in [0.5, 0.6) is 5.75 Å². The zero-order valence-electron chi connectivity index (χ0n) is 17.6. The van der Waals surface area contributed by atoms with Crippen LogP contribution in [-0.2, 0) is 11.3 Å². The van der Waals surface area contributed by atoms with Crippen molar-refractivity contribution in [2.45, 2.75) is 52.4 Å². The van der Waals surface area contributed by atoms with Gasteiger partial charge in [-0.3, -0.25) is 14.6 Å². The average molecular weight is 412 g/mol. The van der Waals surface area contributed by atoms with Gasteiger partial charge in [-0.2, -0.15) is 5.10 Å². The first-order chi connectivity index (χ1) is 14.3. The molecule has 0 radical (unpaired) electrons. The standard InChI is InChI=1S/C22H28N4O4/c1-13-4-6-19(15(3)23-13)30-20-9-17-11-25(10-16(17)8-18(20)27)22(29)12-26-21(28)7-5-14(2)24-26/h4-7,16-18,20,27H,8-12H2,1-3H3/t16-,17+,18+,20+/m0/s1. The van der Waals surface area contributed by atoms with E-state index in [4.69, 9.17) is 4.74 Å². The van der Waals surface area contributed by atoms with E-state index in [1.165, 1.54) is 10.7 Å². The number of aliphatic hydroxyl groups excluding tert-OH is 1. The predicted molar refractivity (Wildman–Crippen MR) is 110 cm³/mol. The minimum Gasteiger partial charge on any atom is -0.486 e. The lowest BCUT2D eigenvalue weighted by molar-refractivity contribution is -0.131. The van der Waals surface area contributed by atoms with Crippen LogP contribution < -0.4 is 10.3 Å². The number of fused-ring (bicyclic) bond motifs is 1. The monoisotopic (exact) mass is 412 g/mol. The van der Waals surface area contributed by atoms with Crippen LogP contribution in [0.25, 0.3) is 0 Å².